The normalized spacial score (nSPS) is 10.3. The van der Waals surface area contributed by atoms with E-state index in [-0.39, 0.29) is 0 Å². The Morgan fingerprint density at radius 1 is 1.05 bits per heavy atom. The molecular formula is C15H16Cl2N2. The lowest BCUT2D eigenvalue weighted by atomic mass is 10.2. The highest BCUT2D eigenvalue weighted by Gasteiger charge is 2.08. The predicted molar refractivity (Wildman–Crippen MR) is 84.6 cm³/mol. The summed E-state index contributed by atoms with van der Waals surface area (Å²) >= 11 is 12.2. The summed E-state index contributed by atoms with van der Waals surface area (Å²) in [6, 6.07) is 13.7. The lowest BCUT2D eigenvalue weighted by Gasteiger charge is -2.20. The van der Waals surface area contributed by atoms with Crippen molar-refractivity contribution >= 4 is 34.6 Å². The maximum absolute atomic E-state index is 6.23. The van der Waals surface area contributed by atoms with Gasteiger partial charge in [0.15, 0.2) is 0 Å². The third-order valence-corrected chi connectivity index (χ3v) is 3.35. The molecule has 0 aliphatic carbocycles. The molecule has 100 valence electrons. The molecule has 19 heavy (non-hydrogen) atoms. The van der Waals surface area contributed by atoms with Crippen molar-refractivity contribution < 1.29 is 0 Å². The lowest BCUT2D eigenvalue weighted by Crippen LogP contribution is -2.12. The molecule has 0 amide bonds. The van der Waals surface area contributed by atoms with E-state index in [9.17, 15) is 0 Å². The highest BCUT2D eigenvalue weighted by Crippen LogP contribution is 2.32. The van der Waals surface area contributed by atoms with Gasteiger partial charge in [-0.15, -0.1) is 0 Å². The summed E-state index contributed by atoms with van der Waals surface area (Å²) in [5.74, 6) is 0. The van der Waals surface area contributed by atoms with Gasteiger partial charge in [0.1, 0.15) is 0 Å². The average Bonchev–Trinajstić information content (AvgIpc) is 2.36. The minimum absolute atomic E-state index is 0.710. The first-order valence-electron chi connectivity index (χ1n) is 6.02. The van der Waals surface area contributed by atoms with Crippen molar-refractivity contribution in [3.8, 4) is 0 Å². The zero-order chi connectivity index (χ0) is 13.8. The first-order valence-corrected chi connectivity index (χ1v) is 6.77. The molecule has 0 aliphatic rings. The SMILES string of the molecule is CN(C)c1c(Cl)cccc1NCc1cccc(Cl)c1. The van der Waals surface area contributed by atoms with Gasteiger partial charge in [0.05, 0.1) is 16.4 Å². The Labute approximate surface area is 123 Å². The fraction of sp³-hybridized carbons (Fsp3) is 0.200. The van der Waals surface area contributed by atoms with E-state index >= 15 is 0 Å². The number of halogens is 2. The summed E-state index contributed by atoms with van der Waals surface area (Å²) < 4.78 is 0. The van der Waals surface area contributed by atoms with Crippen LogP contribution in [0.3, 0.4) is 0 Å². The van der Waals surface area contributed by atoms with Crippen molar-refractivity contribution in [3.63, 3.8) is 0 Å². The Morgan fingerprint density at radius 3 is 2.47 bits per heavy atom. The lowest BCUT2D eigenvalue weighted by molar-refractivity contribution is 1.10. The van der Waals surface area contributed by atoms with Crippen molar-refractivity contribution in [2.24, 2.45) is 0 Å². The summed E-state index contributed by atoms with van der Waals surface area (Å²) in [6.45, 7) is 0.710. The Balaban J connectivity index is 2.18. The summed E-state index contributed by atoms with van der Waals surface area (Å²) in [4.78, 5) is 2.00. The highest BCUT2D eigenvalue weighted by atomic mass is 35.5. The molecule has 0 atom stereocenters. The number of hydrogen-bond donors (Lipinski definition) is 1. The second kappa shape index (κ2) is 6.18. The van der Waals surface area contributed by atoms with E-state index in [1.54, 1.807) is 0 Å². The molecule has 0 aromatic heterocycles. The topological polar surface area (TPSA) is 15.3 Å². The van der Waals surface area contributed by atoms with Crippen LogP contribution in [0.5, 0.6) is 0 Å². The third-order valence-electron chi connectivity index (χ3n) is 2.81. The van der Waals surface area contributed by atoms with E-state index in [1.165, 1.54) is 0 Å². The van der Waals surface area contributed by atoms with Crippen molar-refractivity contribution in [1.82, 2.24) is 0 Å². The third kappa shape index (κ3) is 3.55. The van der Waals surface area contributed by atoms with Crippen LogP contribution in [0.25, 0.3) is 0 Å². The van der Waals surface area contributed by atoms with Crippen molar-refractivity contribution in [2.75, 3.05) is 24.3 Å². The Hall–Kier alpha value is -1.38. The fourth-order valence-electron chi connectivity index (χ4n) is 1.96. The van der Waals surface area contributed by atoms with Gasteiger partial charge in [-0.1, -0.05) is 41.4 Å². The molecule has 2 rings (SSSR count). The van der Waals surface area contributed by atoms with Crippen LogP contribution in [0.2, 0.25) is 10.0 Å². The molecule has 2 aromatic rings. The number of anilines is 2. The Bertz CT molecular complexity index is 568. The quantitative estimate of drug-likeness (QED) is 0.881. The molecule has 0 radical (unpaired) electrons. The van der Waals surface area contributed by atoms with Crippen molar-refractivity contribution in [2.45, 2.75) is 6.54 Å². The van der Waals surface area contributed by atoms with Crippen molar-refractivity contribution in [3.05, 3.63) is 58.1 Å². The molecule has 1 N–H and O–H groups in total. The minimum Gasteiger partial charge on any atom is -0.379 e. The minimum atomic E-state index is 0.710. The maximum Gasteiger partial charge on any atom is 0.0786 e. The van der Waals surface area contributed by atoms with Crippen LogP contribution in [-0.2, 0) is 6.54 Å². The Morgan fingerprint density at radius 2 is 1.79 bits per heavy atom. The molecule has 0 aliphatic heterocycles. The maximum atomic E-state index is 6.23. The van der Waals surface area contributed by atoms with Gasteiger partial charge in [0.2, 0.25) is 0 Å². The van der Waals surface area contributed by atoms with Gasteiger partial charge < -0.3 is 10.2 Å². The summed E-state index contributed by atoms with van der Waals surface area (Å²) in [6.07, 6.45) is 0. The summed E-state index contributed by atoms with van der Waals surface area (Å²) in [5, 5.41) is 4.88. The smallest absolute Gasteiger partial charge is 0.0786 e. The van der Waals surface area contributed by atoms with Crippen LogP contribution in [0.1, 0.15) is 5.56 Å². The first kappa shape index (κ1) is 14.0. The van der Waals surface area contributed by atoms with Crippen LogP contribution in [0.15, 0.2) is 42.5 Å². The molecule has 0 spiro atoms. The van der Waals surface area contributed by atoms with Gasteiger partial charge in [-0.25, -0.2) is 0 Å². The van der Waals surface area contributed by atoms with Crippen LogP contribution < -0.4 is 10.2 Å². The Kier molecular flexibility index (Phi) is 4.56. The van der Waals surface area contributed by atoms with Gasteiger partial charge in [-0.2, -0.15) is 0 Å². The van der Waals surface area contributed by atoms with Gasteiger partial charge in [0.25, 0.3) is 0 Å². The van der Waals surface area contributed by atoms with Crippen LogP contribution in [0.4, 0.5) is 11.4 Å². The fourth-order valence-corrected chi connectivity index (χ4v) is 2.51. The van der Waals surface area contributed by atoms with Crippen LogP contribution in [0, 0.1) is 0 Å². The largest absolute Gasteiger partial charge is 0.379 e. The van der Waals surface area contributed by atoms with Gasteiger partial charge in [-0.05, 0) is 29.8 Å². The van der Waals surface area contributed by atoms with E-state index in [1.807, 2.05) is 61.5 Å². The molecule has 0 fully saturated rings. The number of rotatable bonds is 4. The number of hydrogen-bond acceptors (Lipinski definition) is 2. The number of benzene rings is 2. The zero-order valence-corrected chi connectivity index (χ0v) is 12.5. The number of nitrogens with one attached hydrogen (secondary N) is 1. The number of nitrogens with zero attached hydrogens (tertiary/aromatic N) is 1. The molecular weight excluding hydrogens is 279 g/mol. The highest BCUT2D eigenvalue weighted by molar-refractivity contribution is 6.34. The predicted octanol–water partition coefficient (Wildman–Crippen LogP) is 4.67. The second-order valence-corrected chi connectivity index (χ2v) is 5.36. The monoisotopic (exact) mass is 294 g/mol. The van der Waals surface area contributed by atoms with E-state index in [0.717, 1.165) is 27.0 Å². The molecule has 2 aromatic carbocycles. The van der Waals surface area contributed by atoms with E-state index in [4.69, 9.17) is 23.2 Å². The average molecular weight is 295 g/mol. The van der Waals surface area contributed by atoms with Gasteiger partial charge in [-0.3, -0.25) is 0 Å². The van der Waals surface area contributed by atoms with Crippen LogP contribution >= 0.6 is 23.2 Å². The zero-order valence-electron chi connectivity index (χ0n) is 11.0. The molecule has 0 unspecified atom stereocenters. The first-order chi connectivity index (χ1) is 9.08. The summed E-state index contributed by atoms with van der Waals surface area (Å²) in [5.41, 5.74) is 3.14. The molecule has 0 saturated heterocycles. The van der Waals surface area contributed by atoms with E-state index < -0.39 is 0 Å². The number of para-hydroxylation sites is 1. The van der Waals surface area contributed by atoms with Crippen molar-refractivity contribution in [1.29, 1.82) is 0 Å². The molecule has 4 heteroatoms. The van der Waals surface area contributed by atoms with E-state index in [0.29, 0.717) is 6.54 Å². The van der Waals surface area contributed by atoms with Gasteiger partial charge >= 0.3 is 0 Å². The molecule has 0 bridgehead atoms. The van der Waals surface area contributed by atoms with E-state index in [2.05, 4.69) is 5.32 Å². The molecule has 0 heterocycles. The molecule has 2 nitrogen and oxygen atoms in total. The molecule has 0 saturated carbocycles. The van der Waals surface area contributed by atoms with Gasteiger partial charge in [0, 0.05) is 25.7 Å². The second-order valence-electron chi connectivity index (χ2n) is 4.51. The standard InChI is InChI=1S/C15H16Cl2N2/c1-19(2)15-13(17)7-4-8-14(15)18-10-11-5-3-6-12(16)9-11/h3-9,18H,10H2,1-2H3. The summed E-state index contributed by atoms with van der Waals surface area (Å²) in [7, 11) is 3.96. The van der Waals surface area contributed by atoms with Crippen LogP contribution in [-0.4, -0.2) is 14.1 Å².